The normalized spacial score (nSPS) is 23.9. The van der Waals surface area contributed by atoms with Crippen molar-refractivity contribution in [2.24, 2.45) is 0 Å². The van der Waals surface area contributed by atoms with Gasteiger partial charge in [-0.2, -0.15) is 0 Å². The third kappa shape index (κ3) is 4.14. The first-order valence-electron chi connectivity index (χ1n) is 8.48. The molecule has 0 saturated carbocycles. The monoisotopic (exact) mass is 326 g/mol. The summed E-state index contributed by atoms with van der Waals surface area (Å²) in [5.41, 5.74) is 0. The third-order valence-electron chi connectivity index (χ3n) is 4.41. The molecular formula is C16H26N2O5. The molecule has 0 aromatic heterocycles. The number of rotatable bonds is 5. The molecule has 2 rings (SSSR count). The van der Waals surface area contributed by atoms with Crippen LogP contribution in [0.5, 0.6) is 0 Å². The Labute approximate surface area is 136 Å². The molecule has 2 heterocycles. The average Bonchev–Trinajstić information content (AvgIpc) is 3.15. The lowest BCUT2D eigenvalue weighted by Crippen LogP contribution is -2.49. The zero-order valence-electron chi connectivity index (χ0n) is 14.0. The van der Waals surface area contributed by atoms with E-state index >= 15 is 0 Å². The number of likely N-dealkylation sites (tertiary alicyclic amines) is 2. The molecule has 0 radical (unpaired) electrons. The van der Waals surface area contributed by atoms with Crippen molar-refractivity contribution < 1.29 is 23.9 Å². The molecule has 2 aliphatic heterocycles. The second-order valence-corrected chi connectivity index (χ2v) is 5.89. The Morgan fingerprint density at radius 2 is 1.61 bits per heavy atom. The maximum atomic E-state index is 12.8. The van der Waals surface area contributed by atoms with Crippen molar-refractivity contribution in [3.8, 4) is 0 Å². The van der Waals surface area contributed by atoms with Gasteiger partial charge >= 0.3 is 12.1 Å². The summed E-state index contributed by atoms with van der Waals surface area (Å²) in [6.07, 6.45) is 2.93. The minimum atomic E-state index is -0.461. The van der Waals surface area contributed by atoms with E-state index in [4.69, 9.17) is 9.47 Å². The van der Waals surface area contributed by atoms with E-state index in [1.54, 1.807) is 18.7 Å². The highest BCUT2D eigenvalue weighted by molar-refractivity contribution is 5.87. The van der Waals surface area contributed by atoms with Crippen LogP contribution in [0.25, 0.3) is 0 Å². The minimum absolute atomic E-state index is 0.0673. The fourth-order valence-corrected chi connectivity index (χ4v) is 3.39. The molecule has 2 fully saturated rings. The molecule has 0 aliphatic carbocycles. The van der Waals surface area contributed by atoms with E-state index in [0.29, 0.717) is 32.7 Å². The van der Waals surface area contributed by atoms with Crippen LogP contribution in [-0.2, 0) is 19.1 Å². The SMILES string of the molecule is CCOC(=O)C[C@@H]1CCCN1C(=O)[C@@H]1CCCN1C(=O)OCC. The summed E-state index contributed by atoms with van der Waals surface area (Å²) in [5.74, 6) is -0.340. The minimum Gasteiger partial charge on any atom is -0.466 e. The Bertz CT molecular complexity index is 454. The largest absolute Gasteiger partial charge is 0.466 e. The van der Waals surface area contributed by atoms with Crippen molar-refractivity contribution >= 4 is 18.0 Å². The van der Waals surface area contributed by atoms with Crippen LogP contribution >= 0.6 is 0 Å². The van der Waals surface area contributed by atoms with Crippen LogP contribution in [0.1, 0.15) is 46.0 Å². The average molecular weight is 326 g/mol. The molecule has 2 aliphatic rings. The maximum absolute atomic E-state index is 12.8. The predicted molar refractivity (Wildman–Crippen MR) is 82.7 cm³/mol. The zero-order chi connectivity index (χ0) is 16.8. The molecule has 0 aromatic carbocycles. The lowest BCUT2D eigenvalue weighted by Gasteiger charge is -2.30. The third-order valence-corrected chi connectivity index (χ3v) is 4.41. The highest BCUT2D eigenvalue weighted by Gasteiger charge is 2.41. The fourth-order valence-electron chi connectivity index (χ4n) is 3.39. The van der Waals surface area contributed by atoms with Gasteiger partial charge in [0.15, 0.2) is 0 Å². The number of hydrogen-bond acceptors (Lipinski definition) is 5. The number of carbonyl (C=O) groups is 3. The molecule has 0 bridgehead atoms. The van der Waals surface area contributed by atoms with E-state index in [2.05, 4.69) is 0 Å². The van der Waals surface area contributed by atoms with Crippen LogP contribution in [0.2, 0.25) is 0 Å². The van der Waals surface area contributed by atoms with Crippen LogP contribution in [-0.4, -0.2) is 66.2 Å². The smallest absolute Gasteiger partial charge is 0.410 e. The van der Waals surface area contributed by atoms with Gasteiger partial charge in [-0.3, -0.25) is 14.5 Å². The summed E-state index contributed by atoms with van der Waals surface area (Å²) in [5, 5.41) is 0. The second-order valence-electron chi connectivity index (χ2n) is 5.89. The van der Waals surface area contributed by atoms with E-state index in [1.807, 2.05) is 0 Å². The van der Waals surface area contributed by atoms with Gasteiger partial charge in [0.25, 0.3) is 0 Å². The first kappa shape index (κ1) is 17.6. The van der Waals surface area contributed by atoms with Gasteiger partial charge in [0.05, 0.1) is 19.6 Å². The fraction of sp³-hybridized carbons (Fsp3) is 0.812. The summed E-state index contributed by atoms with van der Waals surface area (Å²) < 4.78 is 10.0. The molecule has 7 nitrogen and oxygen atoms in total. The maximum Gasteiger partial charge on any atom is 0.410 e. The number of carbonyl (C=O) groups excluding carboxylic acids is 3. The lowest BCUT2D eigenvalue weighted by molar-refractivity contribution is -0.145. The van der Waals surface area contributed by atoms with Gasteiger partial charge in [0, 0.05) is 19.1 Å². The van der Waals surface area contributed by atoms with Crippen molar-refractivity contribution in [1.82, 2.24) is 9.80 Å². The predicted octanol–water partition coefficient (Wildman–Crippen LogP) is 1.55. The molecule has 0 unspecified atom stereocenters. The van der Waals surface area contributed by atoms with Gasteiger partial charge in [-0.05, 0) is 39.5 Å². The molecule has 2 saturated heterocycles. The van der Waals surface area contributed by atoms with Crippen LogP contribution in [0.15, 0.2) is 0 Å². The number of nitrogens with zero attached hydrogens (tertiary/aromatic N) is 2. The van der Waals surface area contributed by atoms with Gasteiger partial charge in [0.1, 0.15) is 6.04 Å². The van der Waals surface area contributed by atoms with E-state index in [-0.39, 0.29) is 24.3 Å². The summed E-state index contributed by atoms with van der Waals surface area (Å²) in [7, 11) is 0. The van der Waals surface area contributed by atoms with Crippen LogP contribution in [0, 0.1) is 0 Å². The lowest BCUT2D eigenvalue weighted by atomic mass is 10.1. The molecule has 2 amide bonds. The Morgan fingerprint density at radius 1 is 0.957 bits per heavy atom. The molecule has 0 aromatic rings. The van der Waals surface area contributed by atoms with Gasteiger partial charge < -0.3 is 14.4 Å². The molecule has 0 N–H and O–H groups in total. The van der Waals surface area contributed by atoms with E-state index in [9.17, 15) is 14.4 Å². The summed E-state index contributed by atoms with van der Waals surface area (Å²) >= 11 is 0. The Balaban J connectivity index is 2.00. The molecule has 130 valence electrons. The number of esters is 1. The number of ether oxygens (including phenoxy) is 2. The molecule has 0 spiro atoms. The van der Waals surface area contributed by atoms with E-state index in [1.165, 1.54) is 4.90 Å². The highest BCUT2D eigenvalue weighted by Crippen LogP contribution is 2.26. The van der Waals surface area contributed by atoms with Crippen molar-refractivity contribution in [2.45, 2.75) is 58.0 Å². The van der Waals surface area contributed by atoms with Crippen LogP contribution < -0.4 is 0 Å². The Hall–Kier alpha value is -1.79. The second kappa shape index (κ2) is 8.17. The quantitative estimate of drug-likeness (QED) is 0.717. The number of amides is 2. The van der Waals surface area contributed by atoms with Crippen molar-refractivity contribution in [3.05, 3.63) is 0 Å². The van der Waals surface area contributed by atoms with Gasteiger partial charge in [-0.1, -0.05) is 0 Å². The highest BCUT2D eigenvalue weighted by atomic mass is 16.6. The van der Waals surface area contributed by atoms with Crippen LogP contribution in [0.4, 0.5) is 4.79 Å². The van der Waals surface area contributed by atoms with Crippen molar-refractivity contribution in [1.29, 1.82) is 0 Å². The molecule has 7 heteroatoms. The standard InChI is InChI=1S/C16H26N2O5/c1-3-22-14(19)11-12-7-5-9-17(12)15(20)13-8-6-10-18(13)16(21)23-4-2/h12-13H,3-11H2,1-2H3/t12-,13-/m0/s1. The first-order chi connectivity index (χ1) is 11.1. The first-order valence-corrected chi connectivity index (χ1v) is 8.48. The van der Waals surface area contributed by atoms with Gasteiger partial charge in [-0.25, -0.2) is 4.79 Å². The van der Waals surface area contributed by atoms with Crippen LogP contribution in [0.3, 0.4) is 0 Å². The van der Waals surface area contributed by atoms with Gasteiger partial charge in [-0.15, -0.1) is 0 Å². The summed E-state index contributed by atoms with van der Waals surface area (Å²) in [6.45, 7) is 5.34. The van der Waals surface area contributed by atoms with E-state index in [0.717, 1.165) is 19.3 Å². The van der Waals surface area contributed by atoms with Crippen molar-refractivity contribution in [2.75, 3.05) is 26.3 Å². The van der Waals surface area contributed by atoms with Crippen molar-refractivity contribution in [3.63, 3.8) is 0 Å². The Kier molecular flexibility index (Phi) is 6.24. The molecular weight excluding hydrogens is 300 g/mol. The number of hydrogen-bond donors (Lipinski definition) is 0. The zero-order valence-corrected chi connectivity index (χ0v) is 14.0. The van der Waals surface area contributed by atoms with E-state index < -0.39 is 12.1 Å². The summed E-state index contributed by atoms with van der Waals surface area (Å²) in [6, 6.07) is -0.581. The topological polar surface area (TPSA) is 76.2 Å². The Morgan fingerprint density at radius 3 is 2.30 bits per heavy atom. The van der Waals surface area contributed by atoms with Gasteiger partial charge in [0.2, 0.25) is 5.91 Å². The molecule has 2 atom stereocenters. The summed E-state index contributed by atoms with van der Waals surface area (Å²) in [4.78, 5) is 39.8. The molecule has 23 heavy (non-hydrogen) atoms.